The molecule has 2 fully saturated rings. The Morgan fingerprint density at radius 1 is 1.32 bits per heavy atom. The lowest BCUT2D eigenvalue weighted by molar-refractivity contribution is -0.116. The second-order valence-electron chi connectivity index (χ2n) is 7.53. The van der Waals surface area contributed by atoms with Crippen molar-refractivity contribution in [1.82, 2.24) is 15.2 Å². The molecule has 1 N–H and O–H groups in total. The largest absolute Gasteiger partial charge is 0.314 e. The number of halogens is 1. The Labute approximate surface area is 177 Å². The Balaban J connectivity index is 0.00000225. The number of thiazole rings is 1. The SMILES string of the molecule is CCc1ccc(C2CNCCN2Cc2csc(N(C(C)=O)C3CC3)n2)cc1.Cl. The highest BCUT2D eigenvalue weighted by atomic mass is 35.5. The lowest BCUT2D eigenvalue weighted by Crippen LogP contribution is -2.45. The van der Waals surface area contributed by atoms with Gasteiger partial charge in [0.15, 0.2) is 5.13 Å². The normalized spacial score (nSPS) is 19.9. The maximum absolute atomic E-state index is 12.0. The van der Waals surface area contributed by atoms with E-state index in [1.54, 1.807) is 18.3 Å². The minimum absolute atomic E-state index is 0. The van der Waals surface area contributed by atoms with Crippen LogP contribution in [-0.4, -0.2) is 41.5 Å². The second kappa shape index (κ2) is 9.35. The summed E-state index contributed by atoms with van der Waals surface area (Å²) in [7, 11) is 0. The van der Waals surface area contributed by atoms with Crippen LogP contribution in [0, 0.1) is 0 Å². The van der Waals surface area contributed by atoms with Gasteiger partial charge in [-0.2, -0.15) is 0 Å². The van der Waals surface area contributed by atoms with Gasteiger partial charge in [0.1, 0.15) is 0 Å². The molecule has 1 unspecified atom stereocenters. The summed E-state index contributed by atoms with van der Waals surface area (Å²) < 4.78 is 0. The Kier molecular flexibility index (Phi) is 7.10. The molecule has 0 bridgehead atoms. The first kappa shape index (κ1) is 21.2. The Morgan fingerprint density at radius 2 is 2.07 bits per heavy atom. The fourth-order valence-electron chi connectivity index (χ4n) is 3.81. The van der Waals surface area contributed by atoms with Crippen LogP contribution in [0.4, 0.5) is 5.13 Å². The molecular formula is C21H29ClN4OS. The van der Waals surface area contributed by atoms with E-state index in [4.69, 9.17) is 4.98 Å². The van der Waals surface area contributed by atoms with Crippen molar-refractivity contribution < 1.29 is 4.79 Å². The van der Waals surface area contributed by atoms with Crippen molar-refractivity contribution in [1.29, 1.82) is 0 Å². The summed E-state index contributed by atoms with van der Waals surface area (Å²) >= 11 is 1.60. The maximum Gasteiger partial charge on any atom is 0.225 e. The van der Waals surface area contributed by atoms with Gasteiger partial charge >= 0.3 is 0 Å². The van der Waals surface area contributed by atoms with E-state index < -0.39 is 0 Å². The third-order valence-electron chi connectivity index (χ3n) is 5.49. The average Bonchev–Trinajstić information content (AvgIpc) is 3.41. The minimum Gasteiger partial charge on any atom is -0.314 e. The van der Waals surface area contributed by atoms with E-state index in [0.717, 1.165) is 56.3 Å². The Hall–Kier alpha value is -1.47. The molecule has 152 valence electrons. The molecule has 1 aliphatic heterocycles. The van der Waals surface area contributed by atoms with Gasteiger partial charge in [0.05, 0.1) is 5.69 Å². The number of hydrogen-bond donors (Lipinski definition) is 1. The molecule has 2 aromatic rings. The fraction of sp³-hybridized carbons (Fsp3) is 0.524. The van der Waals surface area contributed by atoms with E-state index in [1.165, 1.54) is 11.1 Å². The van der Waals surface area contributed by atoms with E-state index in [1.807, 2.05) is 4.90 Å². The number of piperazine rings is 1. The Morgan fingerprint density at radius 3 is 2.71 bits per heavy atom. The smallest absolute Gasteiger partial charge is 0.225 e. The first-order valence-electron chi connectivity index (χ1n) is 9.93. The van der Waals surface area contributed by atoms with Gasteiger partial charge in [-0.1, -0.05) is 31.2 Å². The molecule has 1 saturated carbocycles. The zero-order valence-corrected chi connectivity index (χ0v) is 18.2. The zero-order valence-electron chi connectivity index (χ0n) is 16.6. The molecule has 5 nitrogen and oxygen atoms in total. The molecule has 1 aromatic carbocycles. The lowest BCUT2D eigenvalue weighted by atomic mass is 10.0. The van der Waals surface area contributed by atoms with Gasteiger partial charge in [-0.25, -0.2) is 4.98 Å². The van der Waals surface area contributed by atoms with Crippen molar-refractivity contribution in [3.8, 4) is 0 Å². The average molecular weight is 421 g/mol. The summed E-state index contributed by atoms with van der Waals surface area (Å²) in [6.07, 6.45) is 3.27. The molecule has 2 aliphatic rings. The summed E-state index contributed by atoms with van der Waals surface area (Å²) in [5.74, 6) is 0.106. The molecule has 2 heterocycles. The molecule has 1 aliphatic carbocycles. The molecular weight excluding hydrogens is 392 g/mol. The molecule has 7 heteroatoms. The van der Waals surface area contributed by atoms with Crippen molar-refractivity contribution in [2.45, 2.75) is 51.7 Å². The van der Waals surface area contributed by atoms with Crippen molar-refractivity contribution in [3.63, 3.8) is 0 Å². The molecule has 28 heavy (non-hydrogen) atoms. The first-order valence-corrected chi connectivity index (χ1v) is 10.8. The minimum atomic E-state index is 0. The van der Waals surface area contributed by atoms with Crippen molar-refractivity contribution in [3.05, 3.63) is 46.5 Å². The van der Waals surface area contributed by atoms with Gasteiger partial charge < -0.3 is 5.32 Å². The predicted molar refractivity (Wildman–Crippen MR) is 117 cm³/mol. The number of amides is 1. The highest BCUT2D eigenvalue weighted by Crippen LogP contribution is 2.34. The highest BCUT2D eigenvalue weighted by Gasteiger charge is 2.34. The van der Waals surface area contributed by atoms with Crippen LogP contribution in [0.15, 0.2) is 29.6 Å². The molecule has 0 spiro atoms. The highest BCUT2D eigenvalue weighted by molar-refractivity contribution is 7.14. The van der Waals surface area contributed by atoms with Crippen LogP contribution in [0.2, 0.25) is 0 Å². The van der Waals surface area contributed by atoms with Gasteiger partial charge in [0.2, 0.25) is 5.91 Å². The molecule has 4 rings (SSSR count). The number of hydrogen-bond acceptors (Lipinski definition) is 5. The van der Waals surface area contributed by atoms with E-state index >= 15 is 0 Å². The van der Waals surface area contributed by atoms with Crippen LogP contribution >= 0.6 is 23.7 Å². The number of carbonyl (C=O) groups is 1. The third kappa shape index (κ3) is 4.74. The van der Waals surface area contributed by atoms with Gasteiger partial charge in [-0.3, -0.25) is 14.6 Å². The summed E-state index contributed by atoms with van der Waals surface area (Å²) in [5, 5.41) is 6.51. The topological polar surface area (TPSA) is 48.5 Å². The van der Waals surface area contributed by atoms with Gasteiger partial charge in [-0.05, 0) is 30.4 Å². The number of aryl methyl sites for hydroxylation is 1. The fourth-order valence-corrected chi connectivity index (χ4v) is 4.74. The second-order valence-corrected chi connectivity index (χ2v) is 8.36. The van der Waals surface area contributed by atoms with E-state index in [9.17, 15) is 4.79 Å². The first-order chi connectivity index (χ1) is 13.2. The monoisotopic (exact) mass is 420 g/mol. The quantitative estimate of drug-likeness (QED) is 0.772. The van der Waals surface area contributed by atoms with Crippen molar-refractivity contribution >= 4 is 34.8 Å². The summed E-state index contributed by atoms with van der Waals surface area (Å²) in [5.41, 5.74) is 3.81. The molecule has 1 atom stereocenters. The summed E-state index contributed by atoms with van der Waals surface area (Å²) in [6, 6.07) is 9.74. The maximum atomic E-state index is 12.0. The number of rotatable bonds is 6. The third-order valence-corrected chi connectivity index (χ3v) is 6.38. The predicted octanol–water partition coefficient (Wildman–Crippen LogP) is 3.79. The van der Waals surface area contributed by atoms with Crippen molar-refractivity contribution in [2.75, 3.05) is 24.5 Å². The lowest BCUT2D eigenvalue weighted by Gasteiger charge is -2.36. The van der Waals surface area contributed by atoms with Crippen LogP contribution in [0.5, 0.6) is 0 Å². The van der Waals surface area contributed by atoms with E-state index in [-0.39, 0.29) is 18.3 Å². The van der Waals surface area contributed by atoms with Crippen LogP contribution in [0.25, 0.3) is 0 Å². The van der Waals surface area contributed by atoms with Crippen LogP contribution in [0.3, 0.4) is 0 Å². The number of aromatic nitrogens is 1. The van der Waals surface area contributed by atoms with Crippen LogP contribution in [0.1, 0.15) is 49.6 Å². The Bertz CT molecular complexity index is 790. The number of nitrogens with zero attached hydrogens (tertiary/aromatic N) is 3. The number of carbonyl (C=O) groups excluding carboxylic acids is 1. The van der Waals surface area contributed by atoms with Crippen LogP contribution < -0.4 is 10.2 Å². The number of benzene rings is 1. The van der Waals surface area contributed by atoms with Gasteiger partial charge in [-0.15, -0.1) is 23.7 Å². The zero-order chi connectivity index (χ0) is 18.8. The van der Waals surface area contributed by atoms with Gasteiger partial charge in [0, 0.05) is 50.6 Å². The van der Waals surface area contributed by atoms with Gasteiger partial charge in [0.25, 0.3) is 0 Å². The molecule has 1 amide bonds. The van der Waals surface area contributed by atoms with Crippen molar-refractivity contribution in [2.24, 2.45) is 0 Å². The van der Waals surface area contributed by atoms with Crippen LogP contribution in [-0.2, 0) is 17.8 Å². The number of nitrogens with one attached hydrogen (secondary N) is 1. The molecule has 1 saturated heterocycles. The molecule has 0 radical (unpaired) electrons. The summed E-state index contributed by atoms with van der Waals surface area (Å²) in [4.78, 5) is 21.2. The van der Waals surface area contributed by atoms with E-state index in [0.29, 0.717) is 12.1 Å². The number of anilines is 1. The van der Waals surface area contributed by atoms with E-state index in [2.05, 4.69) is 46.8 Å². The standard InChI is InChI=1S/C21H28N4OS.ClH/c1-3-16-4-6-17(7-5-16)20-12-22-10-11-24(20)13-18-14-27-21(23-18)25(15(2)26)19-8-9-19;/h4-7,14,19-20,22H,3,8-13H2,1-2H3;1H. The summed E-state index contributed by atoms with van der Waals surface area (Å²) in [6.45, 7) is 7.63. The molecule has 1 aromatic heterocycles.